The number of halogens is 2. The number of hydrogen-bond donors (Lipinski definition) is 0. The number of carbonyl (C=O) groups excluding carboxylic acids is 1. The Morgan fingerprint density at radius 3 is 2.55 bits per heavy atom. The van der Waals surface area contributed by atoms with Gasteiger partial charge >= 0.3 is 0 Å². The summed E-state index contributed by atoms with van der Waals surface area (Å²) in [5.74, 6) is -2.56. The molecule has 2 aromatic rings. The lowest BCUT2D eigenvalue weighted by Crippen LogP contribution is -2.44. The van der Waals surface area contributed by atoms with Crippen LogP contribution in [0.4, 0.5) is 14.5 Å². The highest BCUT2D eigenvalue weighted by atomic mass is 19.1. The molecule has 154 valence electrons. The Morgan fingerprint density at radius 1 is 1.17 bits per heavy atom. The van der Waals surface area contributed by atoms with Gasteiger partial charge in [0, 0.05) is 14.0 Å². The first-order valence-electron chi connectivity index (χ1n) is 9.43. The number of fused-ring (bicyclic) bond motifs is 1. The van der Waals surface area contributed by atoms with Crippen molar-refractivity contribution >= 4 is 11.6 Å². The fourth-order valence-electron chi connectivity index (χ4n) is 4.11. The van der Waals surface area contributed by atoms with Crippen molar-refractivity contribution in [3.05, 3.63) is 65.2 Å². The molecule has 2 heterocycles. The monoisotopic (exact) mass is 403 g/mol. The predicted molar refractivity (Wildman–Crippen MR) is 102 cm³/mol. The highest BCUT2D eigenvalue weighted by Gasteiger charge is 2.52. The minimum Gasteiger partial charge on any atom is -0.331 e. The third-order valence-corrected chi connectivity index (χ3v) is 5.72. The van der Waals surface area contributed by atoms with E-state index < -0.39 is 35.2 Å². The zero-order chi connectivity index (χ0) is 21.0. The van der Waals surface area contributed by atoms with Crippen LogP contribution >= 0.6 is 0 Å². The van der Waals surface area contributed by atoms with E-state index in [4.69, 9.17) is 14.2 Å². The third kappa shape index (κ3) is 3.13. The van der Waals surface area contributed by atoms with Crippen molar-refractivity contribution in [1.29, 1.82) is 0 Å². The molecule has 7 heteroatoms. The lowest BCUT2D eigenvalue weighted by molar-refractivity contribution is -0.314. The normalized spacial score (nSPS) is 26.6. The molecule has 2 aliphatic heterocycles. The Balaban J connectivity index is 1.88. The molecule has 0 spiro atoms. The second-order valence-electron chi connectivity index (χ2n) is 7.97. The number of carbonyl (C=O) groups is 1. The quantitative estimate of drug-likeness (QED) is 0.772. The van der Waals surface area contributed by atoms with Gasteiger partial charge in [-0.1, -0.05) is 24.3 Å². The van der Waals surface area contributed by atoms with Crippen LogP contribution < -0.4 is 4.90 Å². The Bertz CT molecular complexity index is 964. The molecule has 0 aliphatic carbocycles. The summed E-state index contributed by atoms with van der Waals surface area (Å²) in [6.07, 6.45) is -0.688. The van der Waals surface area contributed by atoms with E-state index in [-0.39, 0.29) is 18.2 Å². The topological polar surface area (TPSA) is 48.0 Å². The zero-order valence-corrected chi connectivity index (χ0v) is 16.7. The van der Waals surface area contributed by atoms with Gasteiger partial charge in [0.1, 0.15) is 17.7 Å². The third-order valence-electron chi connectivity index (χ3n) is 5.72. The number of methoxy groups -OCH3 is 1. The van der Waals surface area contributed by atoms with Gasteiger partial charge in [0.2, 0.25) is 5.91 Å². The van der Waals surface area contributed by atoms with Gasteiger partial charge in [0.15, 0.2) is 0 Å². The molecule has 3 atom stereocenters. The summed E-state index contributed by atoms with van der Waals surface area (Å²) in [5.41, 5.74) is 0.315. The molecule has 0 aromatic heterocycles. The van der Waals surface area contributed by atoms with Crippen molar-refractivity contribution in [1.82, 2.24) is 0 Å². The van der Waals surface area contributed by atoms with Gasteiger partial charge in [0.25, 0.3) is 5.97 Å². The average Bonchev–Trinajstić information content (AvgIpc) is 3.16. The lowest BCUT2D eigenvalue weighted by atomic mass is 9.86. The molecule has 1 amide bonds. The minimum atomic E-state index is -1.30. The molecule has 2 aliphatic rings. The summed E-state index contributed by atoms with van der Waals surface area (Å²) in [5, 5.41) is 0. The standard InChI is InChI=1S/C22H23F2NO4/c1-21(2)15-9-6-10-16(24)19(15)25(20(21)26)18(13-7-5-8-14(23)11-13)17-12-28-22(3,27-4)29-17/h5-11,17-18H,12H2,1-4H3/t17-,18+,22?/m1/s1. The predicted octanol–water partition coefficient (Wildman–Crippen LogP) is 4.07. The van der Waals surface area contributed by atoms with Crippen LogP contribution in [-0.2, 0) is 24.4 Å². The second-order valence-corrected chi connectivity index (χ2v) is 7.97. The van der Waals surface area contributed by atoms with Crippen LogP contribution in [0, 0.1) is 11.6 Å². The Hall–Kier alpha value is -2.35. The van der Waals surface area contributed by atoms with Gasteiger partial charge in [0.05, 0.1) is 23.8 Å². The van der Waals surface area contributed by atoms with E-state index in [9.17, 15) is 13.6 Å². The van der Waals surface area contributed by atoms with Crippen molar-refractivity contribution in [3.8, 4) is 0 Å². The summed E-state index contributed by atoms with van der Waals surface area (Å²) in [6.45, 7) is 5.21. The molecule has 4 rings (SSSR count). The number of para-hydroxylation sites is 1. The fourth-order valence-corrected chi connectivity index (χ4v) is 4.11. The van der Waals surface area contributed by atoms with Crippen LogP contribution in [0.3, 0.4) is 0 Å². The molecule has 0 saturated carbocycles. The number of nitrogens with zero attached hydrogens (tertiary/aromatic N) is 1. The minimum absolute atomic E-state index is 0.0967. The molecule has 1 unspecified atom stereocenters. The molecule has 0 bridgehead atoms. The van der Waals surface area contributed by atoms with Crippen LogP contribution in [0.25, 0.3) is 0 Å². The lowest BCUT2D eigenvalue weighted by Gasteiger charge is -2.34. The second kappa shape index (κ2) is 6.86. The van der Waals surface area contributed by atoms with Gasteiger partial charge in [-0.25, -0.2) is 8.78 Å². The number of amides is 1. The molecule has 0 N–H and O–H groups in total. The van der Waals surface area contributed by atoms with Crippen molar-refractivity contribution in [2.24, 2.45) is 0 Å². The Kier molecular flexibility index (Phi) is 4.72. The number of hydrogen-bond acceptors (Lipinski definition) is 4. The van der Waals surface area contributed by atoms with Crippen LogP contribution in [-0.4, -0.2) is 31.7 Å². The first-order valence-corrected chi connectivity index (χ1v) is 9.43. The van der Waals surface area contributed by atoms with Crippen LogP contribution in [0.1, 0.15) is 37.9 Å². The molecule has 0 radical (unpaired) electrons. The maximum absolute atomic E-state index is 15.0. The summed E-state index contributed by atoms with van der Waals surface area (Å²) in [6, 6.07) is 9.73. The van der Waals surface area contributed by atoms with E-state index in [0.29, 0.717) is 11.1 Å². The van der Waals surface area contributed by atoms with E-state index >= 15 is 0 Å². The van der Waals surface area contributed by atoms with Crippen LogP contribution in [0.5, 0.6) is 0 Å². The van der Waals surface area contributed by atoms with E-state index in [0.717, 1.165) is 0 Å². The van der Waals surface area contributed by atoms with E-state index in [1.165, 1.54) is 30.2 Å². The molecule has 1 fully saturated rings. The zero-order valence-electron chi connectivity index (χ0n) is 16.7. The average molecular weight is 403 g/mol. The number of rotatable bonds is 4. The molecule has 2 aromatic carbocycles. The fraction of sp³-hybridized carbons (Fsp3) is 0.409. The highest BCUT2D eigenvalue weighted by Crippen LogP contribution is 2.49. The molecular formula is C22H23F2NO4. The van der Waals surface area contributed by atoms with Gasteiger partial charge in [-0.15, -0.1) is 0 Å². The maximum atomic E-state index is 15.0. The van der Waals surface area contributed by atoms with E-state index in [1.807, 2.05) is 0 Å². The molecule has 29 heavy (non-hydrogen) atoms. The van der Waals surface area contributed by atoms with Crippen molar-refractivity contribution in [2.45, 2.75) is 44.3 Å². The Morgan fingerprint density at radius 2 is 1.90 bits per heavy atom. The summed E-state index contributed by atoms with van der Waals surface area (Å²) in [7, 11) is 1.44. The number of benzene rings is 2. The summed E-state index contributed by atoms with van der Waals surface area (Å²) < 4.78 is 45.9. The van der Waals surface area contributed by atoms with Gasteiger partial charge < -0.3 is 14.2 Å². The van der Waals surface area contributed by atoms with Crippen molar-refractivity contribution in [3.63, 3.8) is 0 Å². The van der Waals surface area contributed by atoms with Crippen LogP contribution in [0.15, 0.2) is 42.5 Å². The van der Waals surface area contributed by atoms with Gasteiger partial charge in [-0.3, -0.25) is 9.69 Å². The molecule has 1 saturated heterocycles. The van der Waals surface area contributed by atoms with Crippen molar-refractivity contribution < 1.29 is 27.8 Å². The van der Waals surface area contributed by atoms with E-state index in [2.05, 4.69) is 0 Å². The molecular weight excluding hydrogens is 380 g/mol. The summed E-state index contributed by atoms with van der Waals surface area (Å²) in [4.78, 5) is 14.8. The highest BCUT2D eigenvalue weighted by molar-refractivity contribution is 6.08. The Labute approximate surface area is 168 Å². The van der Waals surface area contributed by atoms with Gasteiger partial charge in [-0.2, -0.15) is 0 Å². The molecule has 5 nitrogen and oxygen atoms in total. The van der Waals surface area contributed by atoms with E-state index in [1.54, 1.807) is 45.0 Å². The SMILES string of the molecule is COC1(C)OC[C@H]([C@H](c2cccc(F)c2)N2C(=O)C(C)(C)c3cccc(F)c32)O1. The summed E-state index contributed by atoms with van der Waals surface area (Å²) >= 11 is 0. The smallest absolute Gasteiger partial charge is 0.280 e. The number of ether oxygens (including phenoxy) is 3. The maximum Gasteiger partial charge on any atom is 0.280 e. The van der Waals surface area contributed by atoms with Gasteiger partial charge in [-0.05, 0) is 43.2 Å². The first-order chi connectivity index (χ1) is 13.7. The van der Waals surface area contributed by atoms with Crippen molar-refractivity contribution in [2.75, 3.05) is 18.6 Å². The number of anilines is 1. The largest absolute Gasteiger partial charge is 0.331 e. The van der Waals surface area contributed by atoms with Crippen LogP contribution in [0.2, 0.25) is 0 Å². The first kappa shape index (κ1) is 19.9.